The Labute approximate surface area is 130 Å². The molecular weight excluding hydrogens is 276 g/mol. The first-order valence-corrected chi connectivity index (χ1v) is 7.37. The maximum Gasteiger partial charge on any atom is 0.205 e. The predicted octanol–water partition coefficient (Wildman–Crippen LogP) is 4.21. The molecule has 0 unspecified atom stereocenters. The second-order valence-electron chi connectivity index (χ2n) is 5.38. The lowest BCUT2D eigenvalue weighted by Gasteiger charge is -2.07. The molecule has 0 aliphatic heterocycles. The van der Waals surface area contributed by atoms with Crippen LogP contribution in [0.1, 0.15) is 46.6 Å². The molecule has 0 fully saturated rings. The van der Waals surface area contributed by atoms with E-state index in [0.717, 1.165) is 30.1 Å². The first-order chi connectivity index (χ1) is 10.5. The summed E-state index contributed by atoms with van der Waals surface area (Å²) in [7, 11) is 0. The van der Waals surface area contributed by atoms with Gasteiger partial charge < -0.3 is 8.98 Å². The van der Waals surface area contributed by atoms with Crippen molar-refractivity contribution in [2.75, 3.05) is 0 Å². The van der Waals surface area contributed by atoms with Crippen LogP contribution in [0.25, 0.3) is 6.08 Å². The van der Waals surface area contributed by atoms with E-state index in [-0.39, 0.29) is 11.4 Å². The molecule has 2 heterocycles. The maximum atomic E-state index is 12.6. The van der Waals surface area contributed by atoms with E-state index in [2.05, 4.69) is 11.5 Å². The minimum Gasteiger partial charge on any atom is -0.462 e. The molecule has 2 aromatic heterocycles. The topological polar surface area (TPSA) is 58.9 Å². The number of aromatic nitrogens is 1. The number of nitriles is 1. The summed E-state index contributed by atoms with van der Waals surface area (Å²) in [6.45, 7) is 8.69. The minimum atomic E-state index is -0.257. The van der Waals surface area contributed by atoms with E-state index in [4.69, 9.17) is 4.42 Å². The van der Waals surface area contributed by atoms with Gasteiger partial charge in [-0.15, -0.1) is 0 Å². The lowest BCUT2D eigenvalue weighted by molar-refractivity contribution is 0.103. The van der Waals surface area contributed by atoms with Crippen molar-refractivity contribution in [3.63, 3.8) is 0 Å². The fraction of sp³-hybridized carbons (Fsp3) is 0.333. The molecule has 0 spiro atoms. The van der Waals surface area contributed by atoms with Gasteiger partial charge in [-0.2, -0.15) is 5.26 Å². The summed E-state index contributed by atoms with van der Waals surface area (Å²) in [6, 6.07) is 7.40. The van der Waals surface area contributed by atoms with Crippen LogP contribution < -0.4 is 0 Å². The minimum absolute atomic E-state index is 0.0890. The number of ketones is 1. The molecular formula is C18H20N2O2. The van der Waals surface area contributed by atoms with E-state index in [0.29, 0.717) is 11.3 Å². The smallest absolute Gasteiger partial charge is 0.205 e. The van der Waals surface area contributed by atoms with Crippen LogP contribution in [0.2, 0.25) is 0 Å². The molecule has 0 bridgehead atoms. The van der Waals surface area contributed by atoms with Gasteiger partial charge >= 0.3 is 0 Å². The zero-order chi connectivity index (χ0) is 16.3. The van der Waals surface area contributed by atoms with Crippen molar-refractivity contribution in [1.29, 1.82) is 5.26 Å². The summed E-state index contributed by atoms with van der Waals surface area (Å²) in [6.07, 6.45) is 2.50. The highest BCUT2D eigenvalue weighted by atomic mass is 16.3. The predicted molar refractivity (Wildman–Crippen MR) is 85.6 cm³/mol. The number of Topliss-reactive ketones (excluding diaryl/α,β-unsaturated/α-hetero) is 1. The van der Waals surface area contributed by atoms with Crippen molar-refractivity contribution in [2.24, 2.45) is 0 Å². The third-order valence-electron chi connectivity index (χ3n) is 3.68. The summed E-state index contributed by atoms with van der Waals surface area (Å²) in [5, 5.41) is 9.31. The molecule has 4 nitrogen and oxygen atoms in total. The lowest BCUT2D eigenvalue weighted by atomic mass is 10.0. The van der Waals surface area contributed by atoms with Crippen molar-refractivity contribution < 1.29 is 9.21 Å². The fourth-order valence-corrected chi connectivity index (χ4v) is 2.57. The summed E-state index contributed by atoms with van der Waals surface area (Å²) in [5.41, 5.74) is 2.61. The Kier molecular flexibility index (Phi) is 4.67. The van der Waals surface area contributed by atoms with Crippen LogP contribution in [0.4, 0.5) is 0 Å². The third-order valence-corrected chi connectivity index (χ3v) is 3.68. The van der Waals surface area contributed by atoms with Crippen LogP contribution in [-0.4, -0.2) is 10.4 Å². The molecule has 2 aromatic rings. The second kappa shape index (κ2) is 6.48. The highest BCUT2D eigenvalue weighted by Crippen LogP contribution is 2.21. The van der Waals surface area contributed by atoms with E-state index in [9.17, 15) is 10.1 Å². The van der Waals surface area contributed by atoms with Crippen LogP contribution in [0.5, 0.6) is 0 Å². The number of hydrogen-bond donors (Lipinski definition) is 0. The number of nitrogens with zero attached hydrogens (tertiary/aromatic N) is 2. The molecule has 0 atom stereocenters. The molecule has 0 saturated heterocycles. The molecule has 0 aliphatic carbocycles. The summed E-state index contributed by atoms with van der Waals surface area (Å²) in [5.74, 6) is 1.01. The molecule has 0 aromatic carbocycles. The maximum absolute atomic E-state index is 12.6. The van der Waals surface area contributed by atoms with Crippen molar-refractivity contribution >= 4 is 11.9 Å². The van der Waals surface area contributed by atoms with Gasteiger partial charge in [0.1, 0.15) is 23.2 Å². The first kappa shape index (κ1) is 15.8. The highest BCUT2D eigenvalue weighted by Gasteiger charge is 2.19. The quantitative estimate of drug-likeness (QED) is 0.472. The highest BCUT2D eigenvalue weighted by molar-refractivity contribution is 6.14. The number of allylic oxidation sites excluding steroid dienone is 1. The van der Waals surface area contributed by atoms with Gasteiger partial charge in [-0.25, -0.2) is 0 Å². The van der Waals surface area contributed by atoms with Gasteiger partial charge in [-0.05, 0) is 45.4 Å². The molecule has 22 heavy (non-hydrogen) atoms. The number of aryl methyl sites for hydroxylation is 2. The Morgan fingerprint density at radius 1 is 1.36 bits per heavy atom. The molecule has 2 rings (SSSR count). The third kappa shape index (κ3) is 3.04. The number of carbonyl (C=O) groups excluding carboxylic acids is 1. The van der Waals surface area contributed by atoms with E-state index in [1.807, 2.05) is 32.9 Å². The first-order valence-electron chi connectivity index (χ1n) is 7.37. The molecule has 0 amide bonds. The molecule has 4 heteroatoms. The normalized spacial score (nSPS) is 11.5. The standard InChI is InChI=1S/C18H20N2O2/c1-5-8-20-12(2)9-17(14(20)4)18(21)15(11-19)10-16-7-6-13(3)22-16/h6-7,9-10H,5,8H2,1-4H3/b15-10+. The SMILES string of the molecule is CCCn1c(C)cc(C(=O)/C(C#N)=C/c2ccc(C)o2)c1C. The number of carbonyl (C=O) groups is 1. The molecule has 0 aliphatic rings. The summed E-state index contributed by atoms with van der Waals surface area (Å²) in [4.78, 5) is 12.6. The molecule has 114 valence electrons. The molecule has 0 saturated carbocycles. The van der Waals surface area contributed by atoms with Crippen LogP contribution in [0.3, 0.4) is 0 Å². The van der Waals surface area contributed by atoms with Gasteiger partial charge in [0.25, 0.3) is 0 Å². The average Bonchev–Trinajstić information content (AvgIpc) is 3.02. The number of furan rings is 1. The van der Waals surface area contributed by atoms with Crippen molar-refractivity contribution in [2.45, 2.75) is 40.7 Å². The van der Waals surface area contributed by atoms with Crippen molar-refractivity contribution in [3.8, 4) is 6.07 Å². The van der Waals surface area contributed by atoms with Gasteiger partial charge in [0.05, 0.1) is 0 Å². The Bertz CT molecular complexity index is 770. The van der Waals surface area contributed by atoms with Gasteiger partial charge in [0.2, 0.25) is 5.78 Å². The summed E-state index contributed by atoms with van der Waals surface area (Å²) >= 11 is 0. The van der Waals surface area contributed by atoms with Gasteiger partial charge in [0.15, 0.2) is 0 Å². The number of hydrogen-bond acceptors (Lipinski definition) is 3. The van der Waals surface area contributed by atoms with Gasteiger partial charge in [0, 0.05) is 29.6 Å². The second-order valence-corrected chi connectivity index (χ2v) is 5.38. The lowest BCUT2D eigenvalue weighted by Crippen LogP contribution is -2.06. The fourth-order valence-electron chi connectivity index (χ4n) is 2.57. The van der Waals surface area contributed by atoms with E-state index in [1.54, 1.807) is 12.1 Å². The average molecular weight is 296 g/mol. The van der Waals surface area contributed by atoms with Gasteiger partial charge in [-0.3, -0.25) is 4.79 Å². The van der Waals surface area contributed by atoms with E-state index < -0.39 is 0 Å². The zero-order valence-electron chi connectivity index (χ0n) is 13.4. The Morgan fingerprint density at radius 3 is 2.64 bits per heavy atom. The largest absolute Gasteiger partial charge is 0.462 e. The van der Waals surface area contributed by atoms with E-state index in [1.165, 1.54) is 6.08 Å². The van der Waals surface area contributed by atoms with Crippen LogP contribution in [0, 0.1) is 32.1 Å². The van der Waals surface area contributed by atoms with Crippen LogP contribution in [-0.2, 0) is 6.54 Å². The molecule has 0 N–H and O–H groups in total. The Hall–Kier alpha value is -2.54. The zero-order valence-corrected chi connectivity index (χ0v) is 13.4. The Balaban J connectivity index is 2.40. The van der Waals surface area contributed by atoms with Crippen molar-refractivity contribution in [1.82, 2.24) is 4.57 Å². The monoisotopic (exact) mass is 296 g/mol. The van der Waals surface area contributed by atoms with Gasteiger partial charge in [-0.1, -0.05) is 6.92 Å². The van der Waals surface area contributed by atoms with Crippen LogP contribution in [0.15, 0.2) is 28.2 Å². The number of rotatable bonds is 5. The van der Waals surface area contributed by atoms with E-state index >= 15 is 0 Å². The Morgan fingerprint density at radius 2 is 2.09 bits per heavy atom. The van der Waals surface area contributed by atoms with Crippen LogP contribution >= 0.6 is 0 Å². The molecule has 0 radical (unpaired) electrons. The summed E-state index contributed by atoms with van der Waals surface area (Å²) < 4.78 is 7.53. The van der Waals surface area contributed by atoms with Crippen molar-refractivity contribution in [3.05, 3.63) is 52.2 Å².